The Bertz CT molecular complexity index is 1270. The molecule has 3 heterocycles. The number of carbonyl (C=O) groups excluding carboxylic acids is 1. The van der Waals surface area contributed by atoms with Crippen molar-refractivity contribution >= 4 is 39.5 Å². The number of hydrogen-bond donors (Lipinski definition) is 1. The summed E-state index contributed by atoms with van der Waals surface area (Å²) in [5.41, 5.74) is 3.12. The number of rotatable bonds is 6. The fourth-order valence-corrected chi connectivity index (χ4v) is 5.14. The van der Waals surface area contributed by atoms with E-state index in [9.17, 15) is 13.7 Å². The number of methoxy groups -OCH3 is 1. The minimum Gasteiger partial charge on any atom is -0.588 e. The van der Waals surface area contributed by atoms with E-state index in [0.717, 1.165) is 55.8 Å². The van der Waals surface area contributed by atoms with Gasteiger partial charge in [0, 0.05) is 50.1 Å². The number of nitrogens with one attached hydrogen (secondary N) is 1. The van der Waals surface area contributed by atoms with Crippen molar-refractivity contribution in [3.05, 3.63) is 59.6 Å². The lowest BCUT2D eigenvalue weighted by Gasteiger charge is -2.33. The van der Waals surface area contributed by atoms with Gasteiger partial charge in [0.1, 0.15) is 22.8 Å². The average Bonchev–Trinajstić information content (AvgIpc) is 3.23. The van der Waals surface area contributed by atoms with Gasteiger partial charge in [0.25, 0.3) is 0 Å². The third-order valence-corrected chi connectivity index (χ3v) is 7.44. The van der Waals surface area contributed by atoms with Crippen LogP contribution < -0.4 is 14.4 Å². The summed E-state index contributed by atoms with van der Waals surface area (Å²) in [4.78, 5) is 17.4. The van der Waals surface area contributed by atoms with E-state index in [1.807, 2.05) is 11.0 Å². The summed E-state index contributed by atoms with van der Waals surface area (Å²) in [6, 6.07) is 9.98. The van der Waals surface area contributed by atoms with Crippen LogP contribution in [0.15, 0.2) is 51.8 Å². The van der Waals surface area contributed by atoms with Gasteiger partial charge < -0.3 is 23.5 Å². The monoisotopic (exact) mass is 483 g/mol. The van der Waals surface area contributed by atoms with Crippen molar-refractivity contribution in [3.63, 3.8) is 0 Å². The number of hydrogen-bond acceptors (Lipinski definition) is 6. The van der Waals surface area contributed by atoms with Crippen molar-refractivity contribution < 1.29 is 22.9 Å². The molecule has 0 aliphatic carbocycles. The van der Waals surface area contributed by atoms with Gasteiger partial charge in [-0.3, -0.25) is 4.79 Å². The van der Waals surface area contributed by atoms with Crippen LogP contribution in [-0.4, -0.2) is 55.7 Å². The highest BCUT2D eigenvalue weighted by Gasteiger charge is 2.26. The molecule has 7 nitrogen and oxygen atoms in total. The maximum absolute atomic E-state index is 14.6. The number of carbonyl (C=O) groups is 1. The standard InChI is InChI=1S/C25H26FN3O4S/c1-28-10-6-16(7-11-28)17-4-5-21(32-2)24(12-17)34(31)27-25(30)23-15-19-20(26)13-18(14-22(19)33-23)29-8-3-9-29/h4-6,12-15H,3,7-11H2,1-2H3,(H,27,30). The summed E-state index contributed by atoms with van der Waals surface area (Å²) in [7, 11) is 3.55. The summed E-state index contributed by atoms with van der Waals surface area (Å²) >= 11 is -1.90. The first-order chi connectivity index (χ1) is 16.4. The Labute approximate surface area is 200 Å². The molecule has 0 radical (unpaired) electrons. The summed E-state index contributed by atoms with van der Waals surface area (Å²) in [5, 5.41) is 0.217. The maximum Gasteiger partial charge on any atom is 0.328 e. The first kappa shape index (κ1) is 22.8. The predicted molar refractivity (Wildman–Crippen MR) is 130 cm³/mol. The van der Waals surface area contributed by atoms with Gasteiger partial charge in [-0.15, -0.1) is 0 Å². The van der Waals surface area contributed by atoms with Gasteiger partial charge in [0.2, 0.25) is 4.90 Å². The normalized spacial score (nSPS) is 17.3. The molecule has 178 valence electrons. The van der Waals surface area contributed by atoms with E-state index in [4.69, 9.17) is 9.15 Å². The predicted octanol–water partition coefficient (Wildman–Crippen LogP) is 3.96. The van der Waals surface area contributed by atoms with Crippen molar-refractivity contribution in [2.75, 3.05) is 45.2 Å². The van der Waals surface area contributed by atoms with Crippen LogP contribution in [0.2, 0.25) is 0 Å². The third-order valence-electron chi connectivity index (χ3n) is 6.35. The van der Waals surface area contributed by atoms with E-state index < -0.39 is 23.1 Å². The van der Waals surface area contributed by atoms with E-state index in [0.29, 0.717) is 10.6 Å². The van der Waals surface area contributed by atoms with Crippen molar-refractivity contribution in [2.24, 2.45) is 0 Å². The Balaban J connectivity index is 1.38. The fraction of sp³-hybridized carbons (Fsp3) is 0.320. The minimum absolute atomic E-state index is 0.101. The smallest absolute Gasteiger partial charge is 0.328 e. The zero-order valence-corrected chi connectivity index (χ0v) is 19.9. The van der Waals surface area contributed by atoms with Crippen LogP contribution in [0.4, 0.5) is 10.1 Å². The number of furan rings is 1. The zero-order chi connectivity index (χ0) is 23.8. The number of fused-ring (bicyclic) bond motifs is 1. The van der Waals surface area contributed by atoms with Crippen LogP contribution >= 0.6 is 0 Å². The second-order valence-corrected chi connectivity index (χ2v) is 9.78. The molecule has 1 unspecified atom stereocenters. The minimum atomic E-state index is -1.90. The molecule has 5 rings (SSSR count). The molecule has 1 aromatic heterocycles. The van der Waals surface area contributed by atoms with E-state index >= 15 is 0 Å². The SMILES string of the molecule is COc1ccc(C2=CCN(C)CC2)cc1[S+]([O-])NC(=O)c1cc2c(F)cc(N3CCC3)cc2o1. The first-order valence-electron chi connectivity index (χ1n) is 11.2. The van der Waals surface area contributed by atoms with Crippen molar-refractivity contribution in [2.45, 2.75) is 17.7 Å². The van der Waals surface area contributed by atoms with Gasteiger partial charge in [-0.05, 0) is 43.2 Å². The summed E-state index contributed by atoms with van der Waals surface area (Å²) in [6.45, 7) is 3.52. The molecule has 1 amide bonds. The van der Waals surface area contributed by atoms with Crippen LogP contribution in [-0.2, 0) is 11.4 Å². The van der Waals surface area contributed by atoms with Gasteiger partial charge in [0.05, 0.1) is 12.5 Å². The van der Waals surface area contributed by atoms with Gasteiger partial charge in [-0.1, -0.05) is 12.1 Å². The fourth-order valence-electron chi connectivity index (χ4n) is 4.20. The van der Waals surface area contributed by atoms with Gasteiger partial charge in [-0.25, -0.2) is 4.39 Å². The van der Waals surface area contributed by atoms with Crippen LogP contribution in [0.1, 0.15) is 29.0 Å². The van der Waals surface area contributed by atoms with E-state index in [1.165, 1.54) is 19.2 Å². The lowest BCUT2D eigenvalue weighted by atomic mass is 10.00. The van der Waals surface area contributed by atoms with Crippen molar-refractivity contribution in [1.29, 1.82) is 0 Å². The van der Waals surface area contributed by atoms with E-state index in [-0.39, 0.29) is 16.7 Å². The van der Waals surface area contributed by atoms with Crippen LogP contribution in [0.3, 0.4) is 0 Å². The summed E-state index contributed by atoms with van der Waals surface area (Å²) in [6.07, 6.45) is 4.09. The largest absolute Gasteiger partial charge is 0.588 e. The molecular formula is C25H26FN3O4S. The zero-order valence-electron chi connectivity index (χ0n) is 19.1. The number of ether oxygens (including phenoxy) is 1. The topological polar surface area (TPSA) is 81.0 Å². The Morgan fingerprint density at radius 1 is 1.21 bits per heavy atom. The number of likely N-dealkylation sites (N-methyl/N-ethyl adjacent to an activating group) is 1. The molecular weight excluding hydrogens is 457 g/mol. The highest BCUT2D eigenvalue weighted by molar-refractivity contribution is 7.90. The lowest BCUT2D eigenvalue weighted by molar-refractivity contribution is 0.0956. The number of amides is 1. The van der Waals surface area contributed by atoms with Crippen molar-refractivity contribution in [1.82, 2.24) is 9.62 Å². The first-order valence-corrected chi connectivity index (χ1v) is 12.3. The molecule has 3 aromatic rings. The number of benzene rings is 2. The molecule has 1 saturated heterocycles. The second-order valence-electron chi connectivity index (χ2n) is 8.60. The maximum atomic E-state index is 14.6. The number of halogens is 1. The molecule has 1 atom stereocenters. The molecule has 0 saturated carbocycles. The third kappa shape index (κ3) is 4.38. The summed E-state index contributed by atoms with van der Waals surface area (Å²) in [5.74, 6) is -0.837. The van der Waals surface area contributed by atoms with Gasteiger partial charge in [-0.2, -0.15) is 4.72 Å². The van der Waals surface area contributed by atoms with Crippen LogP contribution in [0, 0.1) is 5.82 Å². The quantitative estimate of drug-likeness (QED) is 0.535. The molecule has 0 bridgehead atoms. The molecule has 2 aromatic carbocycles. The summed E-state index contributed by atoms with van der Waals surface area (Å²) < 4.78 is 41.2. The number of anilines is 1. The molecule has 1 N–H and O–H groups in total. The highest BCUT2D eigenvalue weighted by atomic mass is 32.2. The Morgan fingerprint density at radius 3 is 2.71 bits per heavy atom. The number of nitrogens with zero attached hydrogens (tertiary/aromatic N) is 2. The lowest BCUT2D eigenvalue weighted by Crippen LogP contribution is -2.36. The van der Waals surface area contributed by atoms with Gasteiger partial charge in [0.15, 0.2) is 11.5 Å². The molecule has 2 aliphatic heterocycles. The molecule has 1 fully saturated rings. The van der Waals surface area contributed by atoms with Crippen LogP contribution in [0.25, 0.3) is 16.5 Å². The highest BCUT2D eigenvalue weighted by Crippen LogP contribution is 2.32. The Kier molecular flexibility index (Phi) is 6.24. The molecule has 0 spiro atoms. The average molecular weight is 484 g/mol. The van der Waals surface area contributed by atoms with Gasteiger partial charge >= 0.3 is 5.91 Å². The van der Waals surface area contributed by atoms with E-state index in [1.54, 1.807) is 18.2 Å². The molecule has 34 heavy (non-hydrogen) atoms. The second kappa shape index (κ2) is 9.32. The molecule has 9 heteroatoms. The molecule has 2 aliphatic rings. The van der Waals surface area contributed by atoms with Crippen LogP contribution in [0.5, 0.6) is 5.75 Å². The van der Waals surface area contributed by atoms with E-state index in [2.05, 4.69) is 22.7 Å². The Morgan fingerprint density at radius 2 is 2.03 bits per heavy atom. The van der Waals surface area contributed by atoms with Crippen molar-refractivity contribution in [3.8, 4) is 5.75 Å². The Hall–Kier alpha value is -3.01.